The minimum absolute atomic E-state index is 0. The Labute approximate surface area is 93.5 Å². The molecule has 1 aliphatic rings. The van der Waals surface area contributed by atoms with Crippen molar-refractivity contribution in [1.82, 2.24) is 0 Å². The summed E-state index contributed by atoms with van der Waals surface area (Å²) in [6, 6.07) is 0. The Morgan fingerprint density at radius 2 is 0.929 bits per heavy atom. The van der Waals surface area contributed by atoms with Gasteiger partial charge in [0.05, 0.1) is 0 Å². The summed E-state index contributed by atoms with van der Waals surface area (Å²) < 4.78 is 0. The van der Waals surface area contributed by atoms with Gasteiger partial charge in [0.1, 0.15) is 0 Å². The van der Waals surface area contributed by atoms with Crippen LogP contribution >= 0.6 is 0 Å². The molecule has 0 aromatic rings. The van der Waals surface area contributed by atoms with E-state index >= 15 is 0 Å². The molecule has 0 aromatic carbocycles. The number of hydrogen-bond donors (Lipinski definition) is 0. The number of hydrogen-bond acceptors (Lipinski definition) is 0. The molecular formula is C14H32. The van der Waals surface area contributed by atoms with Crippen LogP contribution < -0.4 is 0 Å². The van der Waals surface area contributed by atoms with Crippen molar-refractivity contribution in [2.45, 2.75) is 80.6 Å². The Morgan fingerprint density at radius 1 is 0.857 bits per heavy atom. The summed E-state index contributed by atoms with van der Waals surface area (Å²) in [4.78, 5) is 0. The quantitative estimate of drug-likeness (QED) is 0.442. The highest BCUT2D eigenvalue weighted by Gasteiger charge is 1.95. The normalized spacial score (nSPS) is 12.1. The molecule has 0 N–H and O–H groups in total. The molecule has 1 fully saturated rings. The van der Waals surface area contributed by atoms with Gasteiger partial charge in [-0.15, -0.1) is 12.3 Å². The van der Waals surface area contributed by atoms with E-state index in [9.17, 15) is 0 Å². The van der Waals surface area contributed by atoms with Crippen molar-refractivity contribution in [2.75, 3.05) is 0 Å². The van der Waals surface area contributed by atoms with E-state index in [4.69, 9.17) is 0 Å². The summed E-state index contributed by atoms with van der Waals surface area (Å²) in [7, 11) is 0. The van der Waals surface area contributed by atoms with Crippen LogP contribution in [0, 0.1) is 12.3 Å². The summed E-state index contributed by atoms with van der Waals surface area (Å²) in [5, 5.41) is 0. The highest BCUT2D eigenvalue weighted by molar-refractivity contribution is 4.73. The third-order valence-corrected chi connectivity index (χ3v) is 1.50. The summed E-state index contributed by atoms with van der Waals surface area (Å²) in [6.07, 6.45) is 14.8. The lowest BCUT2D eigenvalue weighted by molar-refractivity contribution is 0.504. The first-order valence-corrected chi connectivity index (χ1v) is 5.20. The monoisotopic (exact) mass is 200 g/mol. The third-order valence-electron chi connectivity index (χ3n) is 1.50. The molecule has 0 atom stereocenters. The Bertz CT molecular complexity index is 71.2. The van der Waals surface area contributed by atoms with Gasteiger partial charge < -0.3 is 0 Å². The van der Waals surface area contributed by atoms with E-state index in [1.807, 2.05) is 0 Å². The van der Waals surface area contributed by atoms with Gasteiger partial charge in [-0.25, -0.2) is 0 Å². The number of rotatable bonds is 0. The van der Waals surface area contributed by atoms with Crippen molar-refractivity contribution >= 4 is 0 Å². The van der Waals surface area contributed by atoms with Crippen LogP contribution in [0.25, 0.3) is 0 Å². The molecule has 88 valence electrons. The Hall–Kier alpha value is -0.440. The first-order valence-electron chi connectivity index (χ1n) is 5.20. The van der Waals surface area contributed by atoms with Crippen LogP contribution in [-0.4, -0.2) is 0 Å². The molecule has 0 nitrogen and oxygen atoms in total. The number of terminal acetylenes is 1. The second-order valence-corrected chi connectivity index (χ2v) is 3.12. The van der Waals surface area contributed by atoms with Crippen molar-refractivity contribution < 1.29 is 0 Å². The largest absolute Gasteiger partial charge is 0.120 e. The molecule has 0 aliphatic heterocycles. The maximum Gasteiger partial charge on any atom is -0.00297 e. The van der Waals surface area contributed by atoms with E-state index in [0.717, 1.165) is 0 Å². The molecule has 0 unspecified atom stereocenters. The average Bonchev–Trinajstić information content (AvgIpc) is 2.10. The van der Waals surface area contributed by atoms with E-state index in [1.54, 1.807) is 6.92 Å². The van der Waals surface area contributed by atoms with E-state index < -0.39 is 0 Å². The Kier molecular flexibility index (Phi) is 49.1. The zero-order valence-electron chi connectivity index (χ0n) is 9.03. The van der Waals surface area contributed by atoms with Gasteiger partial charge in [-0.2, -0.15) is 0 Å². The molecule has 1 aliphatic carbocycles. The van der Waals surface area contributed by atoms with Crippen molar-refractivity contribution in [3.63, 3.8) is 0 Å². The fraction of sp³-hybridized carbons (Fsp3) is 0.857. The SMILES string of the molecule is C.C.C#CC.C1CCCCC1.CCC. The van der Waals surface area contributed by atoms with Gasteiger partial charge in [0, 0.05) is 0 Å². The minimum Gasteiger partial charge on any atom is -0.120 e. The smallest absolute Gasteiger partial charge is 0.00297 e. The third kappa shape index (κ3) is 41.7. The maximum atomic E-state index is 4.60. The molecule has 14 heavy (non-hydrogen) atoms. The molecular weight excluding hydrogens is 168 g/mol. The summed E-state index contributed by atoms with van der Waals surface area (Å²) >= 11 is 0. The average molecular weight is 200 g/mol. The van der Waals surface area contributed by atoms with Gasteiger partial charge in [0.25, 0.3) is 0 Å². The second-order valence-electron chi connectivity index (χ2n) is 3.12. The standard InChI is InChI=1S/C6H12.C3H8.C3H4.2CH4/c1-2-4-6-5-3-1;2*1-3-2;;/h1-6H2;3H2,1-2H3;1H,2H3;2*1H4. The van der Waals surface area contributed by atoms with Gasteiger partial charge >= 0.3 is 0 Å². The van der Waals surface area contributed by atoms with Crippen LogP contribution in [0.2, 0.25) is 0 Å². The molecule has 0 heteroatoms. The maximum absolute atomic E-state index is 4.60. The van der Waals surface area contributed by atoms with E-state index in [0.29, 0.717) is 0 Å². The predicted octanol–water partition coefficient (Wildman–Crippen LogP) is 5.67. The lowest BCUT2D eigenvalue weighted by Gasteiger charge is -2.05. The molecule has 1 saturated carbocycles. The molecule has 0 aromatic heterocycles. The minimum atomic E-state index is 0. The van der Waals surface area contributed by atoms with Crippen molar-refractivity contribution in [3.05, 3.63) is 0 Å². The van der Waals surface area contributed by atoms with E-state index in [2.05, 4.69) is 26.2 Å². The van der Waals surface area contributed by atoms with E-state index in [1.165, 1.54) is 44.9 Å². The molecule has 0 spiro atoms. The topological polar surface area (TPSA) is 0 Å². The first kappa shape index (κ1) is 23.4. The van der Waals surface area contributed by atoms with Crippen molar-refractivity contribution in [2.24, 2.45) is 0 Å². The molecule has 0 saturated heterocycles. The highest BCUT2D eigenvalue weighted by Crippen LogP contribution is 2.15. The summed E-state index contributed by atoms with van der Waals surface area (Å²) in [5.41, 5.74) is 0. The van der Waals surface area contributed by atoms with Gasteiger partial charge in [-0.3, -0.25) is 0 Å². The van der Waals surface area contributed by atoms with Crippen LogP contribution in [0.4, 0.5) is 0 Å². The Morgan fingerprint density at radius 3 is 1.00 bits per heavy atom. The Balaban J connectivity index is -0.0000000557. The fourth-order valence-corrected chi connectivity index (χ4v) is 1.06. The van der Waals surface area contributed by atoms with Crippen LogP contribution in [0.1, 0.15) is 80.6 Å². The summed E-state index contributed by atoms with van der Waals surface area (Å²) in [6.45, 7) is 5.90. The van der Waals surface area contributed by atoms with Gasteiger partial charge in [-0.1, -0.05) is 73.6 Å². The van der Waals surface area contributed by atoms with Crippen LogP contribution in [0.3, 0.4) is 0 Å². The van der Waals surface area contributed by atoms with Gasteiger partial charge in [0.2, 0.25) is 0 Å². The van der Waals surface area contributed by atoms with Crippen molar-refractivity contribution in [3.8, 4) is 12.3 Å². The van der Waals surface area contributed by atoms with Gasteiger partial charge in [0.15, 0.2) is 0 Å². The van der Waals surface area contributed by atoms with Crippen LogP contribution in [0.5, 0.6) is 0 Å². The first-order chi connectivity index (χ1) is 5.83. The zero-order chi connectivity index (χ0) is 9.66. The van der Waals surface area contributed by atoms with Crippen LogP contribution in [-0.2, 0) is 0 Å². The zero-order valence-corrected chi connectivity index (χ0v) is 9.03. The predicted molar refractivity (Wildman–Crippen MR) is 71.6 cm³/mol. The van der Waals surface area contributed by atoms with E-state index in [-0.39, 0.29) is 14.9 Å². The lowest BCUT2D eigenvalue weighted by Crippen LogP contribution is -1.85. The van der Waals surface area contributed by atoms with Crippen molar-refractivity contribution in [1.29, 1.82) is 0 Å². The molecule has 0 amide bonds. The summed E-state index contributed by atoms with van der Waals surface area (Å²) in [5.74, 6) is 2.25. The lowest BCUT2D eigenvalue weighted by atomic mass is 10.0. The molecule has 0 bridgehead atoms. The molecule has 0 radical (unpaired) electrons. The van der Waals surface area contributed by atoms with Gasteiger partial charge in [-0.05, 0) is 6.92 Å². The second kappa shape index (κ2) is 29.4. The molecule has 0 heterocycles. The van der Waals surface area contributed by atoms with Crippen LogP contribution in [0.15, 0.2) is 0 Å². The highest BCUT2D eigenvalue weighted by atomic mass is 14.0. The fourth-order valence-electron chi connectivity index (χ4n) is 1.06. The molecule has 1 rings (SSSR count).